The van der Waals surface area contributed by atoms with Gasteiger partial charge in [-0.05, 0) is 12.1 Å². The molecule has 0 aliphatic rings. The third-order valence-corrected chi connectivity index (χ3v) is 2.21. The van der Waals surface area contributed by atoms with E-state index < -0.39 is 11.6 Å². The van der Waals surface area contributed by atoms with Crippen LogP contribution in [-0.4, -0.2) is 25.3 Å². The summed E-state index contributed by atoms with van der Waals surface area (Å²) in [6, 6.07) is 3.08. The molecule has 8 heteroatoms. The van der Waals surface area contributed by atoms with Crippen LogP contribution < -0.4 is 0 Å². The molecule has 0 fully saturated rings. The standard InChI is InChI=1S/C10H5F2N5O/c11-5-1-2-6(7(12)3-5)10-15-9(17-18-10)8-13-4-14-16-8/h1-4H,(H,13,14,16). The molecule has 0 spiro atoms. The average Bonchev–Trinajstić information content (AvgIpc) is 2.99. The van der Waals surface area contributed by atoms with Gasteiger partial charge in [-0.3, -0.25) is 5.10 Å². The van der Waals surface area contributed by atoms with E-state index in [9.17, 15) is 8.78 Å². The molecule has 0 bridgehead atoms. The molecule has 0 unspecified atom stereocenters. The minimum absolute atomic E-state index is 0.0228. The summed E-state index contributed by atoms with van der Waals surface area (Å²) in [5, 5.41) is 9.79. The highest BCUT2D eigenvalue weighted by atomic mass is 19.1. The Morgan fingerprint density at radius 3 is 2.83 bits per heavy atom. The molecule has 2 heterocycles. The maximum atomic E-state index is 13.5. The van der Waals surface area contributed by atoms with Crippen molar-refractivity contribution >= 4 is 0 Å². The molecule has 0 amide bonds. The van der Waals surface area contributed by atoms with Crippen LogP contribution in [-0.2, 0) is 0 Å². The Bertz CT molecular complexity index is 679. The van der Waals surface area contributed by atoms with Crippen molar-refractivity contribution in [2.45, 2.75) is 0 Å². The molecular weight excluding hydrogens is 244 g/mol. The zero-order chi connectivity index (χ0) is 12.5. The van der Waals surface area contributed by atoms with Gasteiger partial charge in [-0.2, -0.15) is 10.1 Å². The molecule has 0 atom stereocenters. The fourth-order valence-electron chi connectivity index (χ4n) is 1.41. The number of H-pyrrole nitrogens is 1. The van der Waals surface area contributed by atoms with Crippen molar-refractivity contribution in [1.82, 2.24) is 25.3 Å². The van der Waals surface area contributed by atoms with Gasteiger partial charge in [0, 0.05) is 6.07 Å². The number of nitrogens with one attached hydrogen (secondary N) is 1. The average molecular weight is 249 g/mol. The van der Waals surface area contributed by atoms with E-state index >= 15 is 0 Å². The number of aromatic nitrogens is 5. The first-order valence-electron chi connectivity index (χ1n) is 4.89. The summed E-state index contributed by atoms with van der Waals surface area (Å²) in [5.74, 6) is -1.06. The van der Waals surface area contributed by atoms with Crippen LogP contribution in [0.15, 0.2) is 29.0 Å². The van der Waals surface area contributed by atoms with Crippen LogP contribution >= 0.6 is 0 Å². The SMILES string of the molecule is Fc1ccc(-c2nc(-c3ncn[nH]3)no2)c(F)c1. The Labute approximate surface area is 98.7 Å². The molecule has 18 heavy (non-hydrogen) atoms. The van der Waals surface area contributed by atoms with Crippen molar-refractivity contribution in [3.63, 3.8) is 0 Å². The number of hydrogen-bond donors (Lipinski definition) is 1. The van der Waals surface area contributed by atoms with Crippen LogP contribution in [0.1, 0.15) is 0 Å². The summed E-state index contributed by atoms with van der Waals surface area (Å²) < 4.78 is 31.1. The van der Waals surface area contributed by atoms with E-state index in [1.807, 2.05) is 0 Å². The molecule has 6 nitrogen and oxygen atoms in total. The fourth-order valence-corrected chi connectivity index (χ4v) is 1.41. The smallest absolute Gasteiger partial charge is 0.261 e. The lowest BCUT2D eigenvalue weighted by molar-refractivity contribution is 0.429. The summed E-state index contributed by atoms with van der Waals surface area (Å²) >= 11 is 0. The lowest BCUT2D eigenvalue weighted by atomic mass is 10.2. The van der Waals surface area contributed by atoms with Gasteiger partial charge < -0.3 is 4.52 Å². The highest BCUT2D eigenvalue weighted by Gasteiger charge is 2.16. The van der Waals surface area contributed by atoms with E-state index in [4.69, 9.17) is 4.52 Å². The first-order chi connectivity index (χ1) is 8.74. The Morgan fingerprint density at radius 2 is 2.11 bits per heavy atom. The third kappa shape index (κ3) is 1.73. The molecule has 0 saturated heterocycles. The van der Waals surface area contributed by atoms with Crippen LogP contribution in [0.2, 0.25) is 0 Å². The van der Waals surface area contributed by atoms with Crippen molar-refractivity contribution in [2.75, 3.05) is 0 Å². The van der Waals surface area contributed by atoms with E-state index in [0.717, 1.165) is 12.1 Å². The lowest BCUT2D eigenvalue weighted by Gasteiger charge is -1.96. The molecule has 0 saturated carbocycles. The Balaban J connectivity index is 2.03. The van der Waals surface area contributed by atoms with E-state index in [1.165, 1.54) is 12.4 Å². The molecule has 3 rings (SSSR count). The maximum absolute atomic E-state index is 13.5. The highest BCUT2D eigenvalue weighted by molar-refractivity contribution is 5.56. The molecule has 0 radical (unpaired) electrons. The molecule has 1 N–H and O–H groups in total. The minimum atomic E-state index is -0.775. The van der Waals surface area contributed by atoms with E-state index in [0.29, 0.717) is 5.82 Å². The second kappa shape index (κ2) is 3.99. The number of halogens is 2. The van der Waals surface area contributed by atoms with Crippen molar-refractivity contribution in [2.24, 2.45) is 0 Å². The molecule has 2 aromatic heterocycles. The van der Waals surface area contributed by atoms with Gasteiger partial charge in [0.15, 0.2) is 5.82 Å². The highest BCUT2D eigenvalue weighted by Crippen LogP contribution is 2.23. The Kier molecular flexibility index (Phi) is 2.33. The number of rotatable bonds is 2. The Hall–Kier alpha value is -2.64. The third-order valence-electron chi connectivity index (χ3n) is 2.21. The minimum Gasteiger partial charge on any atom is -0.333 e. The first-order valence-corrected chi connectivity index (χ1v) is 4.89. The fraction of sp³-hybridized carbons (Fsp3) is 0. The molecule has 0 aliphatic carbocycles. The molecule has 90 valence electrons. The quantitative estimate of drug-likeness (QED) is 0.748. The second-order valence-electron chi connectivity index (χ2n) is 3.38. The predicted molar refractivity (Wildman–Crippen MR) is 55.0 cm³/mol. The van der Waals surface area contributed by atoms with Gasteiger partial charge in [0.25, 0.3) is 5.89 Å². The van der Waals surface area contributed by atoms with Crippen LogP contribution in [0.25, 0.3) is 23.1 Å². The number of hydrogen-bond acceptors (Lipinski definition) is 5. The summed E-state index contributed by atoms with van der Waals surface area (Å²) in [6.07, 6.45) is 1.28. The lowest BCUT2D eigenvalue weighted by Crippen LogP contribution is -1.87. The van der Waals surface area contributed by atoms with Crippen molar-refractivity contribution in [3.05, 3.63) is 36.2 Å². The van der Waals surface area contributed by atoms with Gasteiger partial charge in [0.2, 0.25) is 5.82 Å². The maximum Gasteiger partial charge on any atom is 0.261 e. The normalized spacial score (nSPS) is 10.8. The van der Waals surface area contributed by atoms with Crippen LogP contribution in [0.5, 0.6) is 0 Å². The van der Waals surface area contributed by atoms with Gasteiger partial charge >= 0.3 is 0 Å². The number of aromatic amines is 1. The topological polar surface area (TPSA) is 80.5 Å². The van der Waals surface area contributed by atoms with Crippen LogP contribution in [0.4, 0.5) is 8.78 Å². The largest absolute Gasteiger partial charge is 0.333 e. The zero-order valence-electron chi connectivity index (χ0n) is 8.76. The zero-order valence-corrected chi connectivity index (χ0v) is 8.76. The number of nitrogens with zero attached hydrogens (tertiary/aromatic N) is 4. The van der Waals surface area contributed by atoms with Crippen molar-refractivity contribution in [1.29, 1.82) is 0 Å². The van der Waals surface area contributed by atoms with Crippen LogP contribution in [0, 0.1) is 11.6 Å². The van der Waals surface area contributed by atoms with Gasteiger partial charge in [0.1, 0.15) is 18.0 Å². The molecule has 0 aliphatic heterocycles. The van der Waals surface area contributed by atoms with E-state index in [1.54, 1.807) is 0 Å². The number of benzene rings is 1. The van der Waals surface area contributed by atoms with Crippen molar-refractivity contribution < 1.29 is 13.3 Å². The summed E-state index contributed by atoms with van der Waals surface area (Å²) in [7, 11) is 0. The van der Waals surface area contributed by atoms with Crippen molar-refractivity contribution in [3.8, 4) is 23.1 Å². The summed E-state index contributed by atoms with van der Waals surface area (Å²) in [6.45, 7) is 0. The molecule has 1 aromatic carbocycles. The van der Waals surface area contributed by atoms with Gasteiger partial charge in [-0.25, -0.2) is 13.8 Å². The predicted octanol–water partition coefficient (Wildman–Crippen LogP) is 1.80. The van der Waals surface area contributed by atoms with Gasteiger partial charge in [-0.15, -0.1) is 0 Å². The molecule has 3 aromatic rings. The first kappa shape index (κ1) is 10.5. The van der Waals surface area contributed by atoms with Gasteiger partial charge in [0.05, 0.1) is 5.56 Å². The molecular formula is C10H5F2N5O. The van der Waals surface area contributed by atoms with E-state index in [-0.39, 0.29) is 17.3 Å². The summed E-state index contributed by atoms with van der Waals surface area (Å²) in [4.78, 5) is 7.76. The Morgan fingerprint density at radius 1 is 1.22 bits per heavy atom. The monoisotopic (exact) mass is 249 g/mol. The second-order valence-corrected chi connectivity index (χ2v) is 3.38. The van der Waals surface area contributed by atoms with E-state index in [2.05, 4.69) is 25.3 Å². The summed E-state index contributed by atoms with van der Waals surface area (Å²) in [5.41, 5.74) is 0.0228. The van der Waals surface area contributed by atoms with Gasteiger partial charge in [-0.1, -0.05) is 5.16 Å². The van der Waals surface area contributed by atoms with Crippen LogP contribution in [0.3, 0.4) is 0 Å².